The predicted octanol–water partition coefficient (Wildman–Crippen LogP) is 2.57. The van der Waals surface area contributed by atoms with Crippen LogP contribution in [0.1, 0.15) is 0 Å². The van der Waals surface area contributed by atoms with Gasteiger partial charge in [0.25, 0.3) is 10.0 Å². The van der Waals surface area contributed by atoms with E-state index in [4.69, 9.17) is 17.3 Å². The quantitative estimate of drug-likeness (QED) is 0.599. The van der Waals surface area contributed by atoms with Crippen LogP contribution in [0.2, 0.25) is 5.02 Å². The third kappa shape index (κ3) is 2.94. The minimum atomic E-state index is -3.98. The van der Waals surface area contributed by atoms with E-state index in [2.05, 4.69) is 4.72 Å². The maximum absolute atomic E-state index is 13.1. The van der Waals surface area contributed by atoms with Crippen LogP contribution in [0.3, 0.4) is 0 Å². The van der Waals surface area contributed by atoms with Crippen molar-refractivity contribution in [3.63, 3.8) is 0 Å². The van der Waals surface area contributed by atoms with Crippen molar-refractivity contribution in [3.8, 4) is 5.75 Å². The predicted molar refractivity (Wildman–Crippen MR) is 74.7 cm³/mol. The van der Waals surface area contributed by atoms with Crippen molar-refractivity contribution in [2.45, 2.75) is 4.90 Å². The molecule has 0 radical (unpaired) electrons. The van der Waals surface area contributed by atoms with Crippen molar-refractivity contribution >= 4 is 33.0 Å². The van der Waals surface area contributed by atoms with Gasteiger partial charge in [0.2, 0.25) is 0 Å². The second-order valence-corrected chi connectivity index (χ2v) is 6.04. The molecule has 5 nitrogen and oxygen atoms in total. The van der Waals surface area contributed by atoms with Gasteiger partial charge in [-0.1, -0.05) is 11.6 Å². The fourth-order valence-electron chi connectivity index (χ4n) is 1.48. The van der Waals surface area contributed by atoms with Crippen LogP contribution in [0.15, 0.2) is 41.3 Å². The number of benzene rings is 2. The number of nitrogens with one attached hydrogen (secondary N) is 1. The third-order valence-corrected chi connectivity index (χ3v) is 4.17. The lowest BCUT2D eigenvalue weighted by atomic mass is 10.3. The molecule has 106 valence electrons. The molecule has 2 rings (SSSR count). The number of sulfonamides is 1. The summed E-state index contributed by atoms with van der Waals surface area (Å²) < 4.78 is 39.4. The average molecular weight is 317 g/mol. The van der Waals surface area contributed by atoms with E-state index in [9.17, 15) is 17.9 Å². The molecule has 20 heavy (non-hydrogen) atoms. The van der Waals surface area contributed by atoms with E-state index >= 15 is 0 Å². The lowest BCUT2D eigenvalue weighted by molar-refractivity contribution is 0.477. The van der Waals surface area contributed by atoms with Gasteiger partial charge in [-0.15, -0.1) is 0 Å². The molecule has 0 aliphatic carbocycles. The number of rotatable bonds is 3. The zero-order valence-electron chi connectivity index (χ0n) is 9.97. The maximum Gasteiger partial charge on any atom is 0.262 e. The van der Waals surface area contributed by atoms with Gasteiger partial charge in [0, 0.05) is 0 Å². The summed E-state index contributed by atoms with van der Waals surface area (Å²) in [5, 5.41) is 9.33. The van der Waals surface area contributed by atoms with Gasteiger partial charge in [-0.25, -0.2) is 12.8 Å². The summed E-state index contributed by atoms with van der Waals surface area (Å²) >= 11 is 5.79. The first kappa shape index (κ1) is 14.4. The number of anilines is 2. The van der Waals surface area contributed by atoms with Crippen molar-refractivity contribution in [1.82, 2.24) is 0 Å². The Labute approximate surface area is 119 Å². The van der Waals surface area contributed by atoms with E-state index in [1.807, 2.05) is 0 Å². The van der Waals surface area contributed by atoms with E-state index in [1.165, 1.54) is 12.1 Å². The van der Waals surface area contributed by atoms with Gasteiger partial charge < -0.3 is 10.8 Å². The summed E-state index contributed by atoms with van der Waals surface area (Å²) in [5.74, 6) is -0.856. The number of hydrogen-bond donors (Lipinski definition) is 3. The zero-order chi connectivity index (χ0) is 14.9. The van der Waals surface area contributed by atoms with E-state index in [0.29, 0.717) is 0 Å². The number of phenols is 1. The van der Waals surface area contributed by atoms with Crippen molar-refractivity contribution in [2.75, 3.05) is 10.5 Å². The fourth-order valence-corrected chi connectivity index (χ4v) is 2.81. The average Bonchev–Trinajstić information content (AvgIpc) is 2.36. The first-order valence-corrected chi connectivity index (χ1v) is 7.22. The largest absolute Gasteiger partial charge is 0.506 e. The van der Waals surface area contributed by atoms with Crippen molar-refractivity contribution < 1.29 is 17.9 Å². The lowest BCUT2D eigenvalue weighted by Gasteiger charge is -2.10. The van der Waals surface area contributed by atoms with Gasteiger partial charge in [-0.3, -0.25) is 4.72 Å². The van der Waals surface area contributed by atoms with E-state index in [-0.39, 0.29) is 27.0 Å². The summed E-state index contributed by atoms with van der Waals surface area (Å²) in [7, 11) is -3.98. The van der Waals surface area contributed by atoms with Gasteiger partial charge in [-0.05, 0) is 36.4 Å². The Hall–Kier alpha value is -1.99. The molecule has 0 spiro atoms. The maximum atomic E-state index is 13.1. The van der Waals surface area contributed by atoms with Crippen LogP contribution >= 0.6 is 11.6 Å². The molecule has 0 aliphatic heterocycles. The van der Waals surface area contributed by atoms with Gasteiger partial charge in [-0.2, -0.15) is 0 Å². The van der Waals surface area contributed by atoms with Crippen molar-refractivity contribution in [3.05, 3.63) is 47.2 Å². The van der Waals surface area contributed by atoms with Crippen LogP contribution in [-0.2, 0) is 10.0 Å². The Kier molecular flexibility index (Phi) is 3.74. The standard InChI is InChI=1S/C12H10ClFN2O3S/c13-9-3-1-7(14)5-11(9)16-20(18,19)8-2-4-12(17)10(15)6-8/h1-6,16-17H,15H2. The molecule has 0 unspecified atom stereocenters. The highest BCUT2D eigenvalue weighted by Crippen LogP contribution is 2.28. The second-order valence-electron chi connectivity index (χ2n) is 3.95. The third-order valence-electron chi connectivity index (χ3n) is 2.48. The van der Waals surface area contributed by atoms with Gasteiger partial charge in [0.1, 0.15) is 11.6 Å². The minimum Gasteiger partial charge on any atom is -0.506 e. The van der Waals surface area contributed by atoms with Crippen LogP contribution in [0.5, 0.6) is 5.75 Å². The normalized spacial score (nSPS) is 11.3. The summed E-state index contributed by atoms with van der Waals surface area (Å²) in [5.41, 5.74) is 5.27. The van der Waals surface area contributed by atoms with Gasteiger partial charge in [0.15, 0.2) is 0 Å². The smallest absolute Gasteiger partial charge is 0.262 e. The fraction of sp³-hybridized carbons (Fsp3) is 0. The number of aromatic hydroxyl groups is 1. The molecule has 0 aromatic heterocycles. The van der Waals surface area contributed by atoms with Crippen molar-refractivity contribution in [1.29, 1.82) is 0 Å². The van der Waals surface area contributed by atoms with Crippen molar-refractivity contribution in [2.24, 2.45) is 0 Å². The van der Waals surface area contributed by atoms with Crippen LogP contribution < -0.4 is 10.5 Å². The number of halogens is 2. The highest BCUT2D eigenvalue weighted by Gasteiger charge is 2.17. The summed E-state index contributed by atoms with van der Waals surface area (Å²) in [6, 6.07) is 6.71. The molecule has 0 saturated heterocycles. The number of nitrogens with two attached hydrogens (primary N) is 1. The highest BCUT2D eigenvalue weighted by molar-refractivity contribution is 7.92. The van der Waals surface area contributed by atoms with Crippen LogP contribution in [0.4, 0.5) is 15.8 Å². The molecule has 0 saturated carbocycles. The molecule has 2 aromatic rings. The first-order chi connectivity index (χ1) is 9.29. The minimum absolute atomic E-state index is 0.0572. The summed E-state index contributed by atoms with van der Waals surface area (Å²) in [4.78, 5) is -0.173. The first-order valence-electron chi connectivity index (χ1n) is 5.36. The molecule has 0 amide bonds. The van der Waals surface area contributed by atoms with Gasteiger partial charge >= 0.3 is 0 Å². The second kappa shape index (κ2) is 5.18. The van der Waals surface area contributed by atoms with E-state index < -0.39 is 15.8 Å². The molecule has 8 heteroatoms. The summed E-state index contributed by atoms with van der Waals surface area (Å²) in [6.45, 7) is 0. The monoisotopic (exact) mass is 316 g/mol. The Balaban J connectivity index is 2.40. The van der Waals surface area contributed by atoms with Gasteiger partial charge in [0.05, 0.1) is 21.3 Å². The van der Waals surface area contributed by atoms with E-state index in [1.54, 1.807) is 0 Å². The SMILES string of the molecule is Nc1cc(S(=O)(=O)Nc2cc(F)ccc2Cl)ccc1O. The Bertz CT molecular complexity index is 765. The Morgan fingerprint density at radius 2 is 1.90 bits per heavy atom. The van der Waals surface area contributed by atoms with Crippen LogP contribution in [0, 0.1) is 5.82 Å². The zero-order valence-corrected chi connectivity index (χ0v) is 11.5. The molecule has 0 bridgehead atoms. The Morgan fingerprint density at radius 3 is 2.55 bits per heavy atom. The number of hydrogen-bond acceptors (Lipinski definition) is 4. The molecule has 0 heterocycles. The topological polar surface area (TPSA) is 92.4 Å². The summed E-state index contributed by atoms with van der Waals surface area (Å²) in [6.07, 6.45) is 0. The van der Waals surface area contributed by atoms with Crippen LogP contribution in [-0.4, -0.2) is 13.5 Å². The molecule has 0 fully saturated rings. The molecular weight excluding hydrogens is 307 g/mol. The molecule has 2 aromatic carbocycles. The molecule has 4 N–H and O–H groups in total. The van der Waals surface area contributed by atoms with E-state index in [0.717, 1.165) is 24.3 Å². The highest BCUT2D eigenvalue weighted by atomic mass is 35.5. The molecule has 0 aliphatic rings. The number of nitrogen functional groups attached to an aromatic ring is 1. The Morgan fingerprint density at radius 1 is 1.20 bits per heavy atom. The molecular formula is C12H10ClFN2O3S. The number of phenolic OH excluding ortho intramolecular Hbond substituents is 1. The lowest BCUT2D eigenvalue weighted by Crippen LogP contribution is -2.13. The molecule has 0 atom stereocenters. The van der Waals surface area contributed by atoms with Crippen LogP contribution in [0.25, 0.3) is 0 Å².